The Morgan fingerprint density at radius 3 is 2.28 bits per heavy atom. The van der Waals surface area contributed by atoms with Crippen molar-refractivity contribution in [1.29, 1.82) is 5.26 Å². The summed E-state index contributed by atoms with van der Waals surface area (Å²) in [5.74, 6) is -6.38. The zero-order chi connectivity index (χ0) is 26.6. The third kappa shape index (κ3) is 6.03. The number of pyridine rings is 1. The summed E-state index contributed by atoms with van der Waals surface area (Å²) in [5, 5.41) is 11.0. The monoisotopic (exact) mass is 506 g/mol. The van der Waals surface area contributed by atoms with E-state index in [1.165, 1.54) is 31.2 Å². The highest BCUT2D eigenvalue weighted by Crippen LogP contribution is 2.35. The second kappa shape index (κ2) is 10.3. The van der Waals surface area contributed by atoms with Crippen LogP contribution in [0.1, 0.15) is 33.2 Å². The summed E-state index contributed by atoms with van der Waals surface area (Å²) in [6.45, 7) is 1.29. The van der Waals surface area contributed by atoms with Gasteiger partial charge in [-0.1, -0.05) is 0 Å². The summed E-state index contributed by atoms with van der Waals surface area (Å²) in [7, 11) is 0. The molecule has 1 atom stereocenters. The number of nitrogens with two attached hydrogens (primary N) is 1. The molecular formula is C23H15F5N4O4. The molecule has 2 amide bonds. The first kappa shape index (κ1) is 25.9. The molecule has 0 aliphatic heterocycles. The maximum atomic E-state index is 14.5. The first-order valence-corrected chi connectivity index (χ1v) is 9.90. The maximum absolute atomic E-state index is 14.5. The SMILES string of the molecule is CC(C#N)Oc1cc(F)c(Oc2ncc(C(F)(F)F)cc2C(=O)Nc2ccc(C(N)=O)cc2)cc1F. The molecule has 1 heterocycles. The Labute approximate surface area is 200 Å². The molecule has 13 heteroatoms. The van der Waals surface area contributed by atoms with Crippen molar-refractivity contribution in [3.63, 3.8) is 0 Å². The molecule has 0 fully saturated rings. The summed E-state index contributed by atoms with van der Waals surface area (Å²) in [4.78, 5) is 27.4. The number of primary amides is 1. The number of halogens is 5. The van der Waals surface area contributed by atoms with Crippen LogP contribution in [0.2, 0.25) is 0 Å². The number of rotatable bonds is 7. The molecule has 0 saturated heterocycles. The minimum Gasteiger partial charge on any atom is -0.473 e. The molecule has 0 spiro atoms. The molecule has 3 rings (SSSR count). The fourth-order valence-electron chi connectivity index (χ4n) is 2.77. The van der Waals surface area contributed by atoms with Gasteiger partial charge in [-0.15, -0.1) is 0 Å². The molecule has 1 aromatic heterocycles. The average molecular weight is 506 g/mol. The zero-order valence-corrected chi connectivity index (χ0v) is 18.2. The molecule has 186 valence electrons. The second-order valence-corrected chi connectivity index (χ2v) is 7.17. The van der Waals surface area contributed by atoms with E-state index in [1.807, 2.05) is 0 Å². The first-order valence-electron chi connectivity index (χ1n) is 9.90. The Bertz CT molecular complexity index is 1350. The van der Waals surface area contributed by atoms with E-state index in [4.69, 9.17) is 20.5 Å². The van der Waals surface area contributed by atoms with E-state index in [1.54, 1.807) is 6.07 Å². The van der Waals surface area contributed by atoms with Crippen LogP contribution in [0.4, 0.5) is 27.6 Å². The van der Waals surface area contributed by atoms with Gasteiger partial charge in [0, 0.05) is 29.6 Å². The van der Waals surface area contributed by atoms with E-state index >= 15 is 0 Å². The summed E-state index contributed by atoms with van der Waals surface area (Å²) in [5.41, 5.74) is 3.28. The lowest BCUT2D eigenvalue weighted by Gasteiger charge is -2.15. The molecule has 8 nitrogen and oxygen atoms in total. The third-order valence-electron chi connectivity index (χ3n) is 4.53. The molecule has 3 N–H and O–H groups in total. The lowest BCUT2D eigenvalue weighted by molar-refractivity contribution is -0.137. The highest BCUT2D eigenvalue weighted by molar-refractivity contribution is 6.06. The third-order valence-corrected chi connectivity index (χ3v) is 4.53. The van der Waals surface area contributed by atoms with Crippen molar-refractivity contribution in [1.82, 2.24) is 4.98 Å². The molecule has 36 heavy (non-hydrogen) atoms. The van der Waals surface area contributed by atoms with Gasteiger partial charge in [-0.2, -0.15) is 18.4 Å². The number of amides is 2. The number of hydrogen-bond acceptors (Lipinski definition) is 6. The highest BCUT2D eigenvalue weighted by Gasteiger charge is 2.33. The number of alkyl halides is 3. The van der Waals surface area contributed by atoms with Crippen molar-refractivity contribution in [2.75, 3.05) is 5.32 Å². The predicted octanol–water partition coefficient (Wildman–Crippen LogP) is 4.81. The van der Waals surface area contributed by atoms with Crippen molar-refractivity contribution < 1.29 is 41.0 Å². The molecule has 0 radical (unpaired) electrons. The van der Waals surface area contributed by atoms with Crippen molar-refractivity contribution >= 4 is 17.5 Å². The van der Waals surface area contributed by atoms with Gasteiger partial charge in [0.15, 0.2) is 29.2 Å². The highest BCUT2D eigenvalue weighted by atomic mass is 19.4. The number of carbonyl (C=O) groups is 2. The molecule has 0 bridgehead atoms. The molecule has 0 aliphatic carbocycles. The van der Waals surface area contributed by atoms with Gasteiger partial charge in [0.05, 0.1) is 5.56 Å². The molecule has 0 saturated carbocycles. The van der Waals surface area contributed by atoms with Gasteiger partial charge >= 0.3 is 6.18 Å². The topological polar surface area (TPSA) is 127 Å². The lowest BCUT2D eigenvalue weighted by atomic mass is 10.1. The van der Waals surface area contributed by atoms with E-state index in [0.717, 1.165) is 0 Å². The minimum atomic E-state index is -4.88. The molecular weight excluding hydrogens is 491 g/mol. The largest absolute Gasteiger partial charge is 0.473 e. The van der Waals surface area contributed by atoms with Crippen molar-refractivity contribution in [2.24, 2.45) is 5.73 Å². The number of anilines is 1. The van der Waals surface area contributed by atoms with Crippen LogP contribution in [-0.2, 0) is 6.18 Å². The number of carbonyl (C=O) groups excluding carboxylic acids is 2. The smallest absolute Gasteiger partial charge is 0.417 e. The summed E-state index contributed by atoms with van der Waals surface area (Å²) >= 11 is 0. The van der Waals surface area contributed by atoms with Crippen LogP contribution in [0.25, 0.3) is 0 Å². The van der Waals surface area contributed by atoms with E-state index in [-0.39, 0.29) is 11.3 Å². The number of hydrogen-bond donors (Lipinski definition) is 2. The average Bonchev–Trinajstić information content (AvgIpc) is 2.81. The zero-order valence-electron chi connectivity index (χ0n) is 18.2. The summed E-state index contributed by atoms with van der Waals surface area (Å²) in [6, 6.07) is 8.28. The van der Waals surface area contributed by atoms with E-state index < -0.39 is 64.2 Å². The predicted molar refractivity (Wildman–Crippen MR) is 114 cm³/mol. The van der Waals surface area contributed by atoms with Gasteiger partial charge in [0.25, 0.3) is 5.91 Å². The van der Waals surface area contributed by atoms with Gasteiger partial charge in [0.2, 0.25) is 11.8 Å². The van der Waals surface area contributed by atoms with Crippen LogP contribution in [-0.4, -0.2) is 22.9 Å². The number of benzene rings is 2. The minimum absolute atomic E-state index is 0.0821. The van der Waals surface area contributed by atoms with Crippen molar-refractivity contribution in [3.05, 3.63) is 77.0 Å². The first-order chi connectivity index (χ1) is 16.9. The number of ether oxygens (including phenoxy) is 2. The lowest BCUT2D eigenvalue weighted by Crippen LogP contribution is -2.17. The fourth-order valence-corrected chi connectivity index (χ4v) is 2.77. The Morgan fingerprint density at radius 1 is 1.08 bits per heavy atom. The van der Waals surface area contributed by atoms with Crippen LogP contribution in [0.15, 0.2) is 48.7 Å². The van der Waals surface area contributed by atoms with Crippen molar-refractivity contribution in [2.45, 2.75) is 19.2 Å². The van der Waals surface area contributed by atoms with Gasteiger partial charge in [-0.3, -0.25) is 9.59 Å². The van der Waals surface area contributed by atoms with E-state index in [9.17, 15) is 31.5 Å². The molecule has 0 aliphatic rings. The standard InChI is InChI=1S/C23H15F5N4O4/c1-11(9-29)35-18-7-17(25)19(8-16(18)24)36-22-15(6-13(10-31-22)23(26,27)28)21(34)32-14-4-2-12(3-5-14)20(30)33/h2-8,10-11H,1H3,(H2,30,33)(H,32,34). The number of aromatic nitrogens is 1. The Balaban J connectivity index is 1.96. The second-order valence-electron chi connectivity index (χ2n) is 7.17. The normalized spacial score (nSPS) is 11.8. The number of nitriles is 1. The van der Waals surface area contributed by atoms with Crippen LogP contribution in [0.3, 0.4) is 0 Å². The molecule has 2 aromatic carbocycles. The van der Waals surface area contributed by atoms with Crippen LogP contribution in [0.5, 0.6) is 17.4 Å². The Kier molecular flexibility index (Phi) is 7.38. The van der Waals surface area contributed by atoms with Crippen LogP contribution in [0, 0.1) is 23.0 Å². The Morgan fingerprint density at radius 2 is 1.69 bits per heavy atom. The number of nitrogens with zero attached hydrogens (tertiary/aromatic N) is 2. The van der Waals surface area contributed by atoms with E-state index in [2.05, 4.69) is 10.3 Å². The van der Waals surface area contributed by atoms with Crippen LogP contribution < -0.4 is 20.5 Å². The van der Waals surface area contributed by atoms with E-state index in [0.29, 0.717) is 24.4 Å². The van der Waals surface area contributed by atoms with Crippen LogP contribution >= 0.6 is 0 Å². The van der Waals surface area contributed by atoms with Gasteiger partial charge in [-0.05, 0) is 37.3 Å². The van der Waals surface area contributed by atoms with Crippen molar-refractivity contribution in [3.8, 4) is 23.4 Å². The van der Waals surface area contributed by atoms with Gasteiger partial charge in [0.1, 0.15) is 11.6 Å². The molecule has 3 aromatic rings. The van der Waals surface area contributed by atoms with Gasteiger partial charge < -0.3 is 20.5 Å². The fraction of sp³-hybridized carbons (Fsp3) is 0.130. The molecule has 1 unspecified atom stereocenters. The summed E-state index contributed by atoms with van der Waals surface area (Å²) < 4.78 is 78.6. The van der Waals surface area contributed by atoms with Gasteiger partial charge in [-0.25, -0.2) is 13.8 Å². The number of nitrogens with one attached hydrogen (secondary N) is 1. The maximum Gasteiger partial charge on any atom is 0.417 e. The quantitative estimate of drug-likeness (QED) is 0.443. The Hall–Kier alpha value is -4.73. The summed E-state index contributed by atoms with van der Waals surface area (Å²) in [6.07, 6.45) is -5.62.